The number of nitrogens with one attached hydrogen (secondary N) is 5. The van der Waals surface area contributed by atoms with Gasteiger partial charge in [0.25, 0.3) is 0 Å². The highest BCUT2D eigenvalue weighted by molar-refractivity contribution is 5.95. The minimum absolute atomic E-state index is 0.0452. The van der Waals surface area contributed by atoms with Gasteiger partial charge in [-0.1, -0.05) is 44.2 Å². The Hall–Kier alpha value is -6.14. The molecule has 0 saturated carbocycles. The van der Waals surface area contributed by atoms with E-state index in [-0.39, 0.29) is 100 Å². The number of esters is 1. The van der Waals surface area contributed by atoms with Crippen molar-refractivity contribution in [3.8, 4) is 0 Å². The molecule has 5 unspecified atom stereocenters. The zero-order valence-corrected chi connectivity index (χ0v) is 43.0. The third-order valence-corrected chi connectivity index (χ3v) is 10.6. The maximum atomic E-state index is 13.8. The Kier molecular flexibility index (Phi) is 26.9. The fraction of sp³-hybridized carbons (Fsp3) is 0.647. The van der Waals surface area contributed by atoms with Crippen LogP contribution in [0.25, 0.3) is 0 Å². The summed E-state index contributed by atoms with van der Waals surface area (Å²) < 4.78 is 10.7. The molecule has 19 nitrogen and oxygen atoms in total. The molecule has 0 fully saturated rings. The molecule has 0 spiro atoms. The normalized spacial score (nSPS) is 13.5. The number of benzene rings is 1. The van der Waals surface area contributed by atoms with Crippen molar-refractivity contribution in [1.29, 1.82) is 0 Å². The molecule has 5 N–H and O–H groups in total. The largest absolute Gasteiger partial charge is 0.458 e. The molecule has 5 atom stereocenters. The quantitative estimate of drug-likeness (QED) is 0.0629. The molecule has 1 aromatic carbocycles. The zero-order valence-electron chi connectivity index (χ0n) is 43.0. The highest BCUT2D eigenvalue weighted by Gasteiger charge is 2.31. The Morgan fingerprint density at radius 2 is 1.13 bits per heavy atom. The molecule has 0 aliphatic carbocycles. The van der Waals surface area contributed by atoms with E-state index in [0.717, 1.165) is 5.56 Å². The van der Waals surface area contributed by atoms with E-state index in [1.807, 2.05) is 13.8 Å². The molecular formula is C51H77N5O14. The lowest BCUT2D eigenvalue weighted by Crippen LogP contribution is -2.47. The SMILES string of the molecule is CC(=O)CCC(CC(=O)CCC(NC(=O)CNC(=O)CCC(NC(=O)CCC(=O)C(CC(C)C)NC(=O)C(CC(=O)CNC(=O)OC(C)(C)C)Cc1ccccc1)C(=O)OC(C)(C)C)C(C)=O)C(C)=O. The van der Waals surface area contributed by atoms with E-state index >= 15 is 0 Å². The number of hydrogen-bond acceptors (Lipinski definition) is 14. The first-order chi connectivity index (χ1) is 32.4. The first-order valence-electron chi connectivity index (χ1n) is 23.9. The van der Waals surface area contributed by atoms with Crippen LogP contribution in [0.3, 0.4) is 0 Å². The van der Waals surface area contributed by atoms with Gasteiger partial charge in [0.1, 0.15) is 34.6 Å². The summed E-state index contributed by atoms with van der Waals surface area (Å²) in [4.78, 5) is 153. The predicted molar refractivity (Wildman–Crippen MR) is 259 cm³/mol. The van der Waals surface area contributed by atoms with Crippen LogP contribution in [0, 0.1) is 17.8 Å². The van der Waals surface area contributed by atoms with Crippen LogP contribution in [0.4, 0.5) is 4.79 Å². The second-order valence-corrected chi connectivity index (χ2v) is 20.2. The molecule has 0 bridgehead atoms. The molecule has 1 aromatic rings. The number of hydrogen-bond donors (Lipinski definition) is 5. The summed E-state index contributed by atoms with van der Waals surface area (Å²) in [5, 5.41) is 12.6. The number of carbonyl (C=O) groups excluding carboxylic acids is 12. The minimum atomic E-state index is -1.33. The summed E-state index contributed by atoms with van der Waals surface area (Å²) in [6.45, 7) is 16.6. The van der Waals surface area contributed by atoms with Gasteiger partial charge in [-0.05, 0) is 106 Å². The van der Waals surface area contributed by atoms with Gasteiger partial charge in [-0.2, -0.15) is 0 Å². The first kappa shape index (κ1) is 61.9. The van der Waals surface area contributed by atoms with Crippen LogP contribution >= 0.6 is 0 Å². The fourth-order valence-electron chi connectivity index (χ4n) is 6.99. The molecule has 19 heteroatoms. The van der Waals surface area contributed by atoms with Gasteiger partial charge in [-0.25, -0.2) is 9.59 Å². The Morgan fingerprint density at radius 1 is 0.543 bits per heavy atom. The number of amides is 5. The highest BCUT2D eigenvalue weighted by atomic mass is 16.6. The van der Waals surface area contributed by atoms with Gasteiger partial charge in [0, 0.05) is 56.8 Å². The molecule has 0 aromatic heterocycles. The van der Waals surface area contributed by atoms with E-state index in [1.165, 1.54) is 20.8 Å². The summed E-state index contributed by atoms with van der Waals surface area (Å²) in [6.07, 6.45) is -1.86. The lowest BCUT2D eigenvalue weighted by atomic mass is 9.90. The van der Waals surface area contributed by atoms with Crippen LogP contribution in [0.5, 0.6) is 0 Å². The zero-order chi connectivity index (χ0) is 53.4. The van der Waals surface area contributed by atoms with Crippen molar-refractivity contribution in [2.45, 2.75) is 183 Å². The summed E-state index contributed by atoms with van der Waals surface area (Å²) >= 11 is 0. The smallest absolute Gasteiger partial charge is 0.408 e. The van der Waals surface area contributed by atoms with Crippen molar-refractivity contribution in [3.63, 3.8) is 0 Å². The van der Waals surface area contributed by atoms with Gasteiger partial charge in [-0.3, -0.25) is 43.2 Å². The maximum absolute atomic E-state index is 13.8. The van der Waals surface area contributed by atoms with Crippen LogP contribution in [-0.4, -0.2) is 113 Å². The second kappa shape index (κ2) is 30.5. The van der Waals surface area contributed by atoms with Gasteiger partial charge in [0.15, 0.2) is 17.3 Å². The van der Waals surface area contributed by atoms with Crippen LogP contribution < -0.4 is 26.6 Å². The fourth-order valence-corrected chi connectivity index (χ4v) is 6.99. The molecule has 390 valence electrons. The van der Waals surface area contributed by atoms with Crippen molar-refractivity contribution in [3.05, 3.63) is 35.9 Å². The average Bonchev–Trinajstić information content (AvgIpc) is 3.23. The van der Waals surface area contributed by atoms with Gasteiger partial charge >= 0.3 is 12.1 Å². The van der Waals surface area contributed by atoms with E-state index < -0.39 is 107 Å². The molecule has 0 heterocycles. The predicted octanol–water partition coefficient (Wildman–Crippen LogP) is 4.32. The number of carbonyl (C=O) groups is 12. The third-order valence-electron chi connectivity index (χ3n) is 10.6. The summed E-state index contributed by atoms with van der Waals surface area (Å²) in [5.74, 6) is -7.14. The van der Waals surface area contributed by atoms with Gasteiger partial charge < -0.3 is 40.9 Å². The molecule has 0 radical (unpaired) electrons. The average molecular weight is 984 g/mol. The summed E-state index contributed by atoms with van der Waals surface area (Å²) in [6, 6.07) is 5.57. The van der Waals surface area contributed by atoms with Crippen LogP contribution in [0.15, 0.2) is 30.3 Å². The van der Waals surface area contributed by atoms with Crippen LogP contribution in [0.1, 0.15) is 152 Å². The Morgan fingerprint density at radius 3 is 1.69 bits per heavy atom. The van der Waals surface area contributed by atoms with E-state index in [2.05, 4.69) is 26.6 Å². The van der Waals surface area contributed by atoms with Crippen molar-refractivity contribution >= 4 is 70.4 Å². The van der Waals surface area contributed by atoms with Crippen molar-refractivity contribution in [2.75, 3.05) is 13.1 Å². The standard InChI is InChI=1S/C51H77N5O14/c1-31(2)25-42(56-47(66)37(26-35-15-13-12-14-16-35)28-39(61)29-53-49(68)70-51(9,10)11)43(62)22-24-45(64)55-41(48(67)69-50(6,7)8)21-23-44(63)52-30-46(65)54-40(34(5)59)20-19-38(60)27-36(33(4)58)18-17-32(3)57/h12-16,31,36-37,40-42H,17-30H2,1-11H3,(H,52,63)(H,53,68)(H,54,65)(H,55,64)(H,56,66). The summed E-state index contributed by atoms with van der Waals surface area (Å²) in [7, 11) is 0. The molecular weight excluding hydrogens is 907 g/mol. The van der Waals surface area contributed by atoms with Crippen LogP contribution in [0.2, 0.25) is 0 Å². The molecule has 0 aliphatic rings. The number of rotatable bonds is 32. The Labute approximate surface area is 412 Å². The van der Waals surface area contributed by atoms with Gasteiger partial charge in [0.2, 0.25) is 23.6 Å². The summed E-state index contributed by atoms with van der Waals surface area (Å²) in [5.41, 5.74) is -0.992. The van der Waals surface area contributed by atoms with Crippen molar-refractivity contribution < 1.29 is 67.0 Å². The number of Topliss-reactive ketones (excluding diaryl/α,β-unsaturated/α-hetero) is 6. The minimum Gasteiger partial charge on any atom is -0.458 e. The van der Waals surface area contributed by atoms with Gasteiger partial charge in [-0.15, -0.1) is 0 Å². The lowest BCUT2D eigenvalue weighted by Gasteiger charge is -2.25. The van der Waals surface area contributed by atoms with E-state index in [9.17, 15) is 57.5 Å². The van der Waals surface area contributed by atoms with Gasteiger partial charge in [0.05, 0.1) is 25.2 Å². The van der Waals surface area contributed by atoms with E-state index in [4.69, 9.17) is 9.47 Å². The second-order valence-electron chi connectivity index (χ2n) is 20.2. The van der Waals surface area contributed by atoms with E-state index in [0.29, 0.717) is 0 Å². The van der Waals surface area contributed by atoms with E-state index in [1.54, 1.807) is 71.9 Å². The Balaban J connectivity index is 2.96. The highest BCUT2D eigenvalue weighted by Crippen LogP contribution is 2.19. The lowest BCUT2D eigenvalue weighted by molar-refractivity contribution is -0.159. The molecule has 0 aliphatic heterocycles. The monoisotopic (exact) mass is 984 g/mol. The number of ether oxygens (including phenoxy) is 2. The topological polar surface area (TPSA) is 283 Å². The van der Waals surface area contributed by atoms with Crippen molar-refractivity contribution in [1.82, 2.24) is 26.6 Å². The molecule has 0 saturated heterocycles. The molecule has 5 amide bonds. The first-order valence-corrected chi connectivity index (χ1v) is 23.9. The third kappa shape index (κ3) is 28.4. The Bertz CT molecular complexity index is 2000. The maximum Gasteiger partial charge on any atom is 0.408 e. The molecule has 70 heavy (non-hydrogen) atoms. The number of alkyl carbamates (subject to hydrolysis) is 1. The number of ketones is 6. The van der Waals surface area contributed by atoms with Crippen LogP contribution in [-0.2, 0) is 68.6 Å². The molecule has 1 rings (SSSR count). The van der Waals surface area contributed by atoms with Crippen molar-refractivity contribution in [2.24, 2.45) is 17.8 Å².